The van der Waals surface area contributed by atoms with Crippen molar-refractivity contribution in [3.05, 3.63) is 0 Å². The van der Waals surface area contributed by atoms with Crippen LogP contribution in [0, 0.1) is 0 Å². The number of rotatable bonds is 0. The van der Waals surface area contributed by atoms with Crippen LogP contribution < -0.4 is 0 Å². The highest BCUT2D eigenvalue weighted by molar-refractivity contribution is 3.50. The summed E-state index contributed by atoms with van der Waals surface area (Å²) in [6.45, 7) is 4.00. The van der Waals surface area contributed by atoms with Crippen LogP contribution in [-0.2, 0) is 0 Å². The molecule has 0 radical (unpaired) electrons. The molecule has 0 spiro atoms. The molecule has 0 saturated heterocycles. The van der Waals surface area contributed by atoms with Gasteiger partial charge in [-0.2, -0.15) is 0 Å². The van der Waals surface area contributed by atoms with Gasteiger partial charge in [-0.25, -0.2) is 0 Å². The van der Waals surface area contributed by atoms with E-state index in [1.165, 1.54) is 0 Å². The predicted octanol–water partition coefficient (Wildman–Crippen LogP) is 4.21. The summed E-state index contributed by atoms with van der Waals surface area (Å²) in [5, 5.41) is 0. The molecule has 0 fully saturated rings. The monoisotopic (exact) mass is 110 g/mol. The van der Waals surface area contributed by atoms with Gasteiger partial charge in [-0.05, 0) is 0 Å². The molecular weight excluding hydrogens is 84.1 g/mol. The summed E-state index contributed by atoms with van der Waals surface area (Å²) in [6, 6.07) is 0. The third kappa shape index (κ3) is 0. The quantitative estimate of drug-likeness (QED) is 0.438. The zero-order chi connectivity index (χ0) is 2.00. The Kier molecular flexibility index (Phi) is 0. The second-order valence-corrected chi connectivity index (χ2v) is 0. The lowest BCUT2D eigenvalue weighted by atomic mass is 11.0. The normalized spacial score (nSPS) is 0.857. The van der Waals surface area contributed by atoms with E-state index in [0.29, 0.717) is 0 Å². The van der Waals surface area contributed by atoms with Crippen LogP contribution >= 0.6 is 0 Å². The molecule has 54 valence electrons. The van der Waals surface area contributed by atoms with Gasteiger partial charge in [0, 0.05) is 0 Å². The van der Waals surface area contributed by atoms with Gasteiger partial charge < -0.3 is 0 Å². The third-order valence-electron chi connectivity index (χ3n) is 0. The molecule has 0 aromatic heterocycles. The van der Waals surface area contributed by atoms with Crippen molar-refractivity contribution in [2.24, 2.45) is 0 Å². The van der Waals surface area contributed by atoms with Crippen molar-refractivity contribution >= 4 is 0 Å². The Balaban J connectivity index is -0.000000000500. The van der Waals surface area contributed by atoms with Gasteiger partial charge in [0.05, 0.1) is 0 Å². The van der Waals surface area contributed by atoms with Crippen molar-refractivity contribution in [3.8, 4) is 0 Å². The average molecular weight is 110 g/mol. The minimum absolute atomic E-state index is 0. The molecule has 0 aliphatic heterocycles. The lowest BCUT2D eigenvalue weighted by Gasteiger charge is -1.07. The van der Waals surface area contributed by atoms with Gasteiger partial charge in [0.2, 0.25) is 0 Å². The molecule has 0 aliphatic rings. The molecule has 0 rings (SSSR count). The van der Waals surface area contributed by atoms with Crippen LogP contribution in [0.25, 0.3) is 0 Å². The van der Waals surface area contributed by atoms with Crippen LogP contribution in [0.4, 0.5) is 0 Å². The van der Waals surface area contributed by atoms with E-state index in [1.54, 1.807) is 0 Å². The first-order chi connectivity index (χ1) is 1.00. The second kappa shape index (κ2) is 0. The molecule has 0 aromatic carbocycles. The van der Waals surface area contributed by atoms with Crippen LogP contribution in [0.2, 0.25) is 0 Å². The van der Waals surface area contributed by atoms with E-state index < -0.39 is 0 Å². The molecule has 0 heterocycles. The smallest absolute Gasteiger partial charge is 0.0683 e. The summed E-state index contributed by atoms with van der Waals surface area (Å²) in [5.74, 6) is 0. The van der Waals surface area contributed by atoms with E-state index in [4.69, 9.17) is 0 Å². The van der Waals surface area contributed by atoms with E-state index in [1.807, 2.05) is 13.8 Å². The average Bonchev–Trinajstić information content (AvgIpc) is 1.00. The fourth-order valence-corrected chi connectivity index (χ4v) is 0. The number of hydrogen-bond acceptors (Lipinski definition) is 0. The van der Waals surface area contributed by atoms with Crippen LogP contribution in [0.1, 0.15) is 51.0 Å². The summed E-state index contributed by atoms with van der Waals surface area (Å²) in [6.07, 6.45) is 0. The third-order valence-corrected chi connectivity index (χ3v) is 0. The fraction of sp³-hybridized carbons (Fsp3) is 1.00. The minimum atomic E-state index is 0. The zero-order valence-corrected chi connectivity index (χ0v) is 2.00. The summed E-state index contributed by atoms with van der Waals surface area (Å²) >= 11 is 0. The second-order valence-electron chi connectivity index (χ2n) is 0. The molecule has 0 unspecified atom stereocenters. The largest absolute Gasteiger partial charge is 0.0776 e. The molecule has 0 amide bonds. The molecule has 0 aliphatic carbocycles. The van der Waals surface area contributed by atoms with Crippen molar-refractivity contribution in [3.63, 3.8) is 0 Å². The summed E-state index contributed by atoms with van der Waals surface area (Å²) in [7, 11) is 0. The first-order valence-electron chi connectivity index (χ1n) is 1.00. The Morgan fingerprint density at radius 1 is 0.429 bits per heavy atom. The molecule has 0 nitrogen and oxygen atoms in total. The van der Waals surface area contributed by atoms with Gasteiger partial charge in [0.15, 0.2) is 0 Å². The van der Waals surface area contributed by atoms with Crippen LogP contribution in [-0.4, -0.2) is 0 Å². The van der Waals surface area contributed by atoms with Crippen LogP contribution in [0.5, 0.6) is 0 Å². The Morgan fingerprint density at radius 2 is 0.429 bits per heavy atom. The minimum Gasteiger partial charge on any atom is -0.0776 e. The standard InChI is InChI=1S/C2H6.5CH4/c1-2;;;;;/h1-2H3;5*1H4. The Hall–Kier alpha value is 0. The van der Waals surface area contributed by atoms with E-state index in [-0.39, 0.29) is 37.1 Å². The molecule has 0 heteroatoms. The van der Waals surface area contributed by atoms with Crippen molar-refractivity contribution in [2.75, 3.05) is 0 Å². The predicted molar refractivity (Wildman–Crippen MR) is 45.0 cm³/mol. The van der Waals surface area contributed by atoms with Gasteiger partial charge in [-0.1, -0.05) is 51.0 Å². The SMILES string of the molecule is C.C.C.C.C.CC. The van der Waals surface area contributed by atoms with Crippen LogP contribution in [0.3, 0.4) is 0 Å². The molecular formula is C7H26. The van der Waals surface area contributed by atoms with Crippen molar-refractivity contribution in [1.82, 2.24) is 0 Å². The van der Waals surface area contributed by atoms with Gasteiger partial charge in [-0.15, -0.1) is 0 Å². The lowest BCUT2D eigenvalue weighted by molar-refractivity contribution is 1.50. The lowest BCUT2D eigenvalue weighted by Crippen LogP contribution is -0.856. The van der Waals surface area contributed by atoms with Gasteiger partial charge in [-0.3, -0.25) is 0 Å². The maximum atomic E-state index is 2.00. The molecule has 0 aromatic rings. The molecule has 0 bridgehead atoms. The van der Waals surface area contributed by atoms with E-state index in [2.05, 4.69) is 0 Å². The van der Waals surface area contributed by atoms with E-state index in [0.717, 1.165) is 0 Å². The molecule has 0 N–H and O–H groups in total. The maximum Gasteiger partial charge on any atom is -0.0683 e. The fourth-order valence-electron chi connectivity index (χ4n) is 0. The number of hydrogen-bond donors (Lipinski definition) is 0. The molecule has 0 saturated carbocycles. The zero-order valence-electron chi connectivity index (χ0n) is 2.00. The Bertz CT molecular complexity index is 0. The summed E-state index contributed by atoms with van der Waals surface area (Å²) in [4.78, 5) is 0. The highest BCUT2D eigenvalue weighted by atomic mass is 13.0. The van der Waals surface area contributed by atoms with Crippen molar-refractivity contribution in [1.29, 1.82) is 0 Å². The van der Waals surface area contributed by atoms with Crippen molar-refractivity contribution in [2.45, 2.75) is 51.0 Å². The van der Waals surface area contributed by atoms with Gasteiger partial charge >= 0.3 is 0 Å². The summed E-state index contributed by atoms with van der Waals surface area (Å²) in [5.41, 5.74) is 0. The van der Waals surface area contributed by atoms with Gasteiger partial charge in [0.25, 0.3) is 0 Å². The molecule has 7 heavy (non-hydrogen) atoms. The van der Waals surface area contributed by atoms with E-state index >= 15 is 0 Å². The first-order valence-corrected chi connectivity index (χ1v) is 1.00. The maximum absolute atomic E-state index is 2.00. The van der Waals surface area contributed by atoms with Crippen LogP contribution in [0.15, 0.2) is 0 Å². The van der Waals surface area contributed by atoms with Gasteiger partial charge in [0.1, 0.15) is 0 Å². The molecule has 0 atom stereocenters. The highest BCUT2D eigenvalue weighted by Crippen LogP contribution is 1.14. The Labute approximate surface area is 52.0 Å². The highest BCUT2D eigenvalue weighted by Gasteiger charge is 0.932. The van der Waals surface area contributed by atoms with Crippen molar-refractivity contribution < 1.29 is 0 Å². The Morgan fingerprint density at radius 3 is 0.429 bits per heavy atom. The van der Waals surface area contributed by atoms with E-state index in [9.17, 15) is 0 Å². The first kappa shape index (κ1) is 252. The summed E-state index contributed by atoms with van der Waals surface area (Å²) < 4.78 is 0. The topological polar surface area (TPSA) is 0 Å².